The zero-order valence-electron chi connectivity index (χ0n) is 48.1. The molecule has 0 N–H and O–H groups in total. The Morgan fingerprint density at radius 3 is 0.966 bits per heavy atom. The van der Waals surface area contributed by atoms with Gasteiger partial charge in [0.15, 0.2) is 11.2 Å². The van der Waals surface area contributed by atoms with Gasteiger partial charge in [-0.25, -0.2) is 0 Å². The smallest absolute Gasteiger partial charge is 0.159 e. The van der Waals surface area contributed by atoms with Crippen molar-refractivity contribution in [1.29, 1.82) is 0 Å². The summed E-state index contributed by atoms with van der Waals surface area (Å²) in [7, 11) is 0. The maximum Gasteiger partial charge on any atom is 0.159 e. The summed E-state index contributed by atoms with van der Waals surface area (Å²) in [5.41, 5.74) is 23.4. The highest BCUT2D eigenvalue weighted by Gasteiger charge is 2.37. The van der Waals surface area contributed by atoms with E-state index < -0.39 is 0 Å². The third-order valence-electron chi connectivity index (χ3n) is 18.2. The standard InChI is InChI=1S/C83H56N2O2/c1-83(2)73-51-59-47-61(84(75-39-17-15-31-63(75)53-23-7-3-8-24-53)77-41-21-37-69-67-35-19-33-65(79(67)86-81(69)77)55-27-11-5-12-28-55)45-43-57(59)49-71(73)72-50-58-44-46-62(48-60(58)52-74(72)83)85(76-40-18-16-32-64(76)54-25-9-4-10-26-54)78-42-22-38-70-68-36-20-34-66(80(68)87-82(70)78)56-29-13-6-14-30-56/h3-52H,1-2H3. The van der Waals surface area contributed by atoms with Gasteiger partial charge in [0.25, 0.3) is 0 Å². The number of fused-ring (bicyclic) bond motifs is 11. The summed E-state index contributed by atoms with van der Waals surface area (Å²) in [6, 6.07) is 110. The summed E-state index contributed by atoms with van der Waals surface area (Å²) in [5.74, 6) is 0. The van der Waals surface area contributed by atoms with Crippen LogP contribution in [0.1, 0.15) is 25.0 Å². The lowest BCUT2D eigenvalue weighted by Gasteiger charge is -2.28. The van der Waals surface area contributed by atoms with E-state index in [0.29, 0.717) is 0 Å². The Morgan fingerprint density at radius 1 is 0.241 bits per heavy atom. The van der Waals surface area contributed by atoms with Crippen molar-refractivity contribution in [3.63, 3.8) is 0 Å². The minimum Gasteiger partial charge on any atom is -0.453 e. The van der Waals surface area contributed by atoms with Gasteiger partial charge in [-0.15, -0.1) is 0 Å². The number of hydrogen-bond donors (Lipinski definition) is 0. The van der Waals surface area contributed by atoms with Crippen LogP contribution < -0.4 is 9.80 Å². The molecule has 0 aliphatic heterocycles. The molecule has 0 unspecified atom stereocenters. The zero-order valence-corrected chi connectivity index (χ0v) is 48.1. The number of rotatable bonds is 10. The molecule has 1 aliphatic rings. The quantitative estimate of drug-likeness (QED) is 0.137. The Kier molecular flexibility index (Phi) is 11.6. The molecular formula is C83H56N2O2. The fraction of sp³-hybridized carbons (Fsp3) is 0.0361. The van der Waals surface area contributed by atoms with Crippen molar-refractivity contribution in [2.24, 2.45) is 0 Å². The Labute approximate surface area is 504 Å². The molecule has 87 heavy (non-hydrogen) atoms. The highest BCUT2D eigenvalue weighted by Crippen LogP contribution is 2.54. The topological polar surface area (TPSA) is 32.8 Å². The Morgan fingerprint density at radius 2 is 0.563 bits per heavy atom. The lowest BCUT2D eigenvalue weighted by Crippen LogP contribution is -2.15. The first-order valence-corrected chi connectivity index (χ1v) is 30.0. The molecule has 0 atom stereocenters. The second-order valence-corrected chi connectivity index (χ2v) is 23.5. The molecule has 0 bridgehead atoms. The molecular weight excluding hydrogens is 1060 g/mol. The average molecular weight is 1110 g/mol. The molecule has 0 saturated carbocycles. The van der Waals surface area contributed by atoms with Crippen molar-refractivity contribution in [3.8, 4) is 55.6 Å². The fourth-order valence-electron chi connectivity index (χ4n) is 14.0. The average Bonchev–Trinajstić information content (AvgIpc) is 2.10. The van der Waals surface area contributed by atoms with E-state index in [1.807, 2.05) is 0 Å². The highest BCUT2D eigenvalue weighted by atomic mass is 16.3. The second-order valence-electron chi connectivity index (χ2n) is 23.5. The maximum absolute atomic E-state index is 7.17. The molecule has 0 amide bonds. The van der Waals surface area contributed by atoms with Gasteiger partial charge < -0.3 is 18.6 Å². The Balaban J connectivity index is 0.809. The largest absolute Gasteiger partial charge is 0.453 e. The van der Waals surface area contributed by atoms with Crippen LogP contribution in [0.2, 0.25) is 0 Å². The van der Waals surface area contributed by atoms with E-state index in [4.69, 9.17) is 8.83 Å². The van der Waals surface area contributed by atoms with E-state index in [1.165, 1.54) is 43.8 Å². The molecule has 0 radical (unpaired) electrons. The number of benzene rings is 14. The summed E-state index contributed by atoms with van der Waals surface area (Å²) in [5, 5.41) is 9.05. The van der Waals surface area contributed by atoms with Gasteiger partial charge in [-0.1, -0.05) is 244 Å². The number of nitrogens with zero attached hydrogens (tertiary/aromatic N) is 2. The molecule has 0 saturated heterocycles. The summed E-state index contributed by atoms with van der Waals surface area (Å²) >= 11 is 0. The molecule has 410 valence electrons. The number of furan rings is 2. The van der Waals surface area contributed by atoms with E-state index in [-0.39, 0.29) is 5.41 Å². The van der Waals surface area contributed by atoms with Gasteiger partial charge in [-0.2, -0.15) is 0 Å². The number of para-hydroxylation sites is 6. The predicted octanol–water partition coefficient (Wildman–Crippen LogP) is 23.7. The summed E-state index contributed by atoms with van der Waals surface area (Å²) in [4.78, 5) is 4.81. The van der Waals surface area contributed by atoms with Crippen LogP contribution in [0.15, 0.2) is 312 Å². The second kappa shape index (κ2) is 20.0. The van der Waals surface area contributed by atoms with Crippen molar-refractivity contribution in [2.75, 3.05) is 9.80 Å². The molecule has 14 aromatic carbocycles. The van der Waals surface area contributed by atoms with Gasteiger partial charge in [-0.05, 0) is 139 Å². The summed E-state index contributed by atoms with van der Waals surface area (Å²) in [6.07, 6.45) is 0. The fourth-order valence-corrected chi connectivity index (χ4v) is 14.0. The van der Waals surface area contributed by atoms with Crippen molar-refractivity contribution >= 4 is 99.5 Å². The van der Waals surface area contributed by atoms with E-state index >= 15 is 0 Å². The SMILES string of the molecule is CC1(C)c2cc3cc(N(c4ccccc4-c4ccccc4)c4cccc5c4oc4c(-c6ccccc6)cccc45)ccc3cc2-c2cc3ccc(N(c4ccccc4-c4ccccc4)c4cccc5c4oc4c(-c6ccccc6)cccc45)cc3cc21. The summed E-state index contributed by atoms with van der Waals surface area (Å²) < 4.78 is 14.3. The number of anilines is 6. The molecule has 17 rings (SSSR count). The minimum absolute atomic E-state index is 0.315. The molecule has 4 nitrogen and oxygen atoms in total. The first-order chi connectivity index (χ1) is 42.9. The van der Waals surface area contributed by atoms with Gasteiger partial charge in [0, 0.05) is 60.6 Å². The van der Waals surface area contributed by atoms with Crippen molar-refractivity contribution < 1.29 is 8.83 Å². The molecule has 1 aliphatic carbocycles. The van der Waals surface area contributed by atoms with E-state index in [9.17, 15) is 0 Å². The van der Waals surface area contributed by atoms with Crippen LogP contribution in [0.25, 0.3) is 121 Å². The Hall–Kier alpha value is -11.2. The van der Waals surface area contributed by atoms with Gasteiger partial charge in [0.2, 0.25) is 0 Å². The van der Waals surface area contributed by atoms with Gasteiger partial charge in [0.1, 0.15) is 11.2 Å². The third-order valence-corrected chi connectivity index (χ3v) is 18.2. The van der Waals surface area contributed by atoms with Gasteiger partial charge in [-0.3, -0.25) is 0 Å². The van der Waals surface area contributed by atoms with E-state index in [1.54, 1.807) is 0 Å². The van der Waals surface area contributed by atoms with Crippen LogP contribution in [-0.2, 0) is 5.41 Å². The van der Waals surface area contributed by atoms with Crippen LogP contribution in [-0.4, -0.2) is 0 Å². The molecule has 0 spiro atoms. The van der Waals surface area contributed by atoms with Crippen LogP contribution in [0, 0.1) is 0 Å². The van der Waals surface area contributed by atoms with Crippen LogP contribution >= 0.6 is 0 Å². The van der Waals surface area contributed by atoms with Crippen molar-refractivity contribution in [3.05, 3.63) is 314 Å². The molecule has 0 fully saturated rings. The number of hydrogen-bond acceptors (Lipinski definition) is 4. The molecule has 2 aromatic heterocycles. The van der Waals surface area contributed by atoms with E-state index in [2.05, 4.69) is 327 Å². The minimum atomic E-state index is -0.315. The lowest BCUT2D eigenvalue weighted by atomic mass is 9.81. The van der Waals surface area contributed by atoms with Crippen LogP contribution in [0.4, 0.5) is 34.1 Å². The third kappa shape index (κ3) is 8.13. The molecule has 4 heteroatoms. The first-order valence-electron chi connectivity index (χ1n) is 30.0. The predicted molar refractivity (Wildman–Crippen MR) is 365 cm³/mol. The lowest BCUT2D eigenvalue weighted by molar-refractivity contribution is 0.662. The molecule has 2 heterocycles. The summed E-state index contributed by atoms with van der Waals surface area (Å²) in [6.45, 7) is 4.79. The highest BCUT2D eigenvalue weighted by molar-refractivity contribution is 6.16. The van der Waals surface area contributed by atoms with Gasteiger partial charge in [0.05, 0.1) is 22.7 Å². The van der Waals surface area contributed by atoms with E-state index in [0.717, 1.165) is 123 Å². The first kappa shape index (κ1) is 50.3. The van der Waals surface area contributed by atoms with Crippen LogP contribution in [0.5, 0.6) is 0 Å². The monoisotopic (exact) mass is 1110 g/mol. The maximum atomic E-state index is 7.17. The van der Waals surface area contributed by atoms with Crippen molar-refractivity contribution in [1.82, 2.24) is 0 Å². The van der Waals surface area contributed by atoms with Crippen molar-refractivity contribution in [2.45, 2.75) is 19.3 Å². The Bertz CT molecular complexity index is 5040. The normalized spacial score (nSPS) is 12.6. The van der Waals surface area contributed by atoms with Gasteiger partial charge >= 0.3 is 0 Å². The molecule has 16 aromatic rings. The zero-order chi connectivity index (χ0) is 57.7. The van der Waals surface area contributed by atoms with Crippen LogP contribution in [0.3, 0.4) is 0 Å².